The van der Waals surface area contributed by atoms with Gasteiger partial charge in [-0.25, -0.2) is 0 Å². The molecule has 42 valence electrons. The van der Waals surface area contributed by atoms with Gasteiger partial charge in [0, 0.05) is 5.02 Å². The average Bonchev–Trinajstić information content (AvgIpc) is 1.77. The monoisotopic (exact) mass is 143 g/mol. The molecule has 0 nitrogen and oxygen atoms in total. The first-order valence-corrected chi connectivity index (χ1v) is 3.01. The smallest absolute Gasteiger partial charge is 0.0214 e. The van der Waals surface area contributed by atoms with Gasteiger partial charge in [-0.3, -0.25) is 0 Å². The highest BCUT2D eigenvalue weighted by Crippen LogP contribution is 2.12. The standard InChI is InChI=1S/C6H5ClS/c7-5-3-1-2-4-6(5)8/h1-4,8H/p-1. The fourth-order valence-corrected chi connectivity index (χ4v) is 0.727. The van der Waals surface area contributed by atoms with Crippen molar-refractivity contribution in [1.82, 2.24) is 0 Å². The summed E-state index contributed by atoms with van der Waals surface area (Å²) in [5, 5.41) is 0.655. The molecule has 0 atom stereocenters. The molecule has 0 aromatic heterocycles. The van der Waals surface area contributed by atoms with Crippen molar-refractivity contribution in [1.29, 1.82) is 0 Å². The van der Waals surface area contributed by atoms with E-state index in [4.69, 9.17) is 24.2 Å². The highest BCUT2D eigenvalue weighted by molar-refractivity contribution is 7.59. The predicted octanol–water partition coefficient (Wildman–Crippen LogP) is 2.25. The molecule has 0 bridgehead atoms. The van der Waals surface area contributed by atoms with Gasteiger partial charge in [-0.1, -0.05) is 29.8 Å². The molecule has 1 aromatic carbocycles. The van der Waals surface area contributed by atoms with E-state index < -0.39 is 0 Å². The molecular weight excluding hydrogens is 140 g/mol. The third-order valence-corrected chi connectivity index (χ3v) is 1.63. The van der Waals surface area contributed by atoms with Gasteiger partial charge in [0.25, 0.3) is 0 Å². The second-order valence-electron chi connectivity index (χ2n) is 1.43. The zero-order valence-corrected chi connectivity index (χ0v) is 5.67. The molecule has 0 spiro atoms. The Labute approximate surface area is 58.9 Å². The van der Waals surface area contributed by atoms with Crippen LogP contribution in [0.15, 0.2) is 29.2 Å². The molecule has 0 aliphatic heterocycles. The summed E-state index contributed by atoms with van der Waals surface area (Å²) in [7, 11) is 0. The van der Waals surface area contributed by atoms with E-state index in [0.29, 0.717) is 9.92 Å². The van der Waals surface area contributed by atoms with E-state index in [2.05, 4.69) is 0 Å². The molecule has 1 aromatic rings. The quantitative estimate of drug-likeness (QED) is 0.502. The SMILES string of the molecule is [S-]c1ccccc1Cl. The van der Waals surface area contributed by atoms with Crippen LogP contribution in [0, 0.1) is 0 Å². The molecule has 0 saturated heterocycles. The topological polar surface area (TPSA) is 0 Å². The van der Waals surface area contributed by atoms with E-state index in [0.717, 1.165) is 0 Å². The summed E-state index contributed by atoms with van der Waals surface area (Å²) < 4.78 is 0. The van der Waals surface area contributed by atoms with Gasteiger partial charge >= 0.3 is 0 Å². The van der Waals surface area contributed by atoms with Gasteiger partial charge in [-0.15, -0.1) is 0 Å². The number of hydrogen-bond donors (Lipinski definition) is 0. The number of hydrogen-bond acceptors (Lipinski definition) is 1. The molecule has 0 unspecified atom stereocenters. The maximum atomic E-state index is 5.60. The maximum absolute atomic E-state index is 5.60. The van der Waals surface area contributed by atoms with Crippen LogP contribution in [0.3, 0.4) is 0 Å². The highest BCUT2D eigenvalue weighted by atomic mass is 35.5. The van der Waals surface area contributed by atoms with Gasteiger partial charge in [0.2, 0.25) is 0 Å². The van der Waals surface area contributed by atoms with Crippen LogP contribution in [0.1, 0.15) is 0 Å². The summed E-state index contributed by atoms with van der Waals surface area (Å²) >= 11 is 10.4. The van der Waals surface area contributed by atoms with E-state index in [-0.39, 0.29) is 0 Å². The first kappa shape index (κ1) is 5.86. The number of benzene rings is 1. The lowest BCUT2D eigenvalue weighted by Gasteiger charge is -2.04. The molecule has 2 heteroatoms. The molecule has 0 heterocycles. The van der Waals surface area contributed by atoms with Crippen LogP contribution in [-0.4, -0.2) is 0 Å². The predicted molar refractivity (Wildman–Crippen MR) is 37.1 cm³/mol. The summed E-state index contributed by atoms with van der Waals surface area (Å²) in [5.74, 6) is 0. The summed E-state index contributed by atoms with van der Waals surface area (Å²) in [6, 6.07) is 7.31. The number of halogens is 1. The Morgan fingerprint density at radius 2 is 1.88 bits per heavy atom. The van der Waals surface area contributed by atoms with Gasteiger partial charge in [-0.2, -0.15) is 4.90 Å². The largest absolute Gasteiger partial charge is 0.778 e. The van der Waals surface area contributed by atoms with Crippen LogP contribution in [0.2, 0.25) is 5.02 Å². The van der Waals surface area contributed by atoms with Crippen molar-refractivity contribution in [3.8, 4) is 0 Å². The van der Waals surface area contributed by atoms with Crippen molar-refractivity contribution >= 4 is 24.2 Å². The van der Waals surface area contributed by atoms with Crippen molar-refractivity contribution in [2.24, 2.45) is 0 Å². The minimum Gasteiger partial charge on any atom is -0.778 e. The van der Waals surface area contributed by atoms with Gasteiger partial charge in [0.1, 0.15) is 0 Å². The molecule has 0 saturated carbocycles. The van der Waals surface area contributed by atoms with Crippen LogP contribution in [0.25, 0.3) is 0 Å². The fraction of sp³-hybridized carbons (Fsp3) is 0. The Hall–Kier alpha value is -0.270. The van der Waals surface area contributed by atoms with E-state index in [9.17, 15) is 0 Å². The van der Waals surface area contributed by atoms with Crippen molar-refractivity contribution < 1.29 is 0 Å². The third-order valence-electron chi connectivity index (χ3n) is 0.837. The summed E-state index contributed by atoms with van der Waals surface area (Å²) in [6.07, 6.45) is 0. The Morgan fingerprint density at radius 3 is 2.25 bits per heavy atom. The van der Waals surface area contributed by atoms with Crippen molar-refractivity contribution in [3.05, 3.63) is 29.3 Å². The highest BCUT2D eigenvalue weighted by Gasteiger charge is 1.79. The van der Waals surface area contributed by atoms with E-state index in [1.165, 1.54) is 0 Å². The Bertz CT molecular complexity index is 165. The van der Waals surface area contributed by atoms with Gasteiger partial charge in [0.15, 0.2) is 0 Å². The van der Waals surface area contributed by atoms with E-state index >= 15 is 0 Å². The molecule has 0 amide bonds. The van der Waals surface area contributed by atoms with Crippen LogP contribution in [0.4, 0.5) is 0 Å². The third kappa shape index (κ3) is 1.11. The lowest BCUT2D eigenvalue weighted by Crippen LogP contribution is -1.68. The molecule has 0 fully saturated rings. The molecular formula is C6H4ClS-. The molecule has 0 N–H and O–H groups in total. The van der Waals surface area contributed by atoms with Gasteiger partial charge < -0.3 is 12.6 Å². The Kier molecular flexibility index (Phi) is 1.71. The lowest BCUT2D eigenvalue weighted by atomic mass is 10.4. The second kappa shape index (κ2) is 2.33. The normalized spacial score (nSPS) is 9.12. The zero-order valence-electron chi connectivity index (χ0n) is 4.10. The van der Waals surface area contributed by atoms with Gasteiger partial charge in [-0.05, 0) is 6.07 Å². The van der Waals surface area contributed by atoms with Crippen molar-refractivity contribution in [3.63, 3.8) is 0 Å². The minimum atomic E-state index is 0.655. The first-order valence-electron chi connectivity index (χ1n) is 2.22. The van der Waals surface area contributed by atoms with Crippen molar-refractivity contribution in [2.45, 2.75) is 4.90 Å². The molecule has 1 rings (SSSR count). The fourth-order valence-electron chi connectivity index (χ4n) is 0.445. The molecule has 8 heavy (non-hydrogen) atoms. The van der Waals surface area contributed by atoms with Crippen LogP contribution in [0.5, 0.6) is 0 Å². The second-order valence-corrected chi connectivity index (χ2v) is 2.28. The van der Waals surface area contributed by atoms with Crippen LogP contribution in [-0.2, 0) is 12.6 Å². The summed E-state index contributed by atoms with van der Waals surface area (Å²) in [5.41, 5.74) is 0. The van der Waals surface area contributed by atoms with Crippen LogP contribution < -0.4 is 0 Å². The molecule has 0 aliphatic carbocycles. The van der Waals surface area contributed by atoms with Gasteiger partial charge in [0.05, 0.1) is 0 Å². The lowest BCUT2D eigenvalue weighted by molar-refractivity contribution is 1.48. The first-order chi connectivity index (χ1) is 3.80. The molecule has 0 radical (unpaired) electrons. The Balaban J connectivity index is 3.13. The average molecular weight is 144 g/mol. The van der Waals surface area contributed by atoms with E-state index in [1.807, 2.05) is 12.1 Å². The zero-order chi connectivity index (χ0) is 5.98. The minimum absolute atomic E-state index is 0.655. The Morgan fingerprint density at radius 1 is 1.25 bits per heavy atom. The maximum Gasteiger partial charge on any atom is 0.0214 e. The van der Waals surface area contributed by atoms with Crippen molar-refractivity contribution in [2.75, 3.05) is 0 Å². The van der Waals surface area contributed by atoms with Crippen LogP contribution >= 0.6 is 11.6 Å². The number of rotatable bonds is 0. The summed E-state index contributed by atoms with van der Waals surface area (Å²) in [6.45, 7) is 0. The summed E-state index contributed by atoms with van der Waals surface area (Å²) in [4.78, 5) is 0.717. The molecule has 0 aliphatic rings. The van der Waals surface area contributed by atoms with E-state index in [1.54, 1.807) is 12.1 Å².